The molecule has 5 heteroatoms. The minimum absolute atomic E-state index is 0.223. The number of benzene rings is 1. The molecule has 1 aromatic carbocycles. The van der Waals surface area contributed by atoms with Crippen molar-refractivity contribution in [3.63, 3.8) is 0 Å². The summed E-state index contributed by atoms with van der Waals surface area (Å²) in [4.78, 5) is 14.7. The average molecular weight is 268 g/mol. The summed E-state index contributed by atoms with van der Waals surface area (Å²) >= 11 is 11.7. The summed E-state index contributed by atoms with van der Waals surface area (Å²) in [6.07, 6.45) is 2.21. The molecule has 0 radical (unpaired) electrons. The summed E-state index contributed by atoms with van der Waals surface area (Å²) in [5.41, 5.74) is 0.364. The minimum atomic E-state index is 0.223. The summed E-state index contributed by atoms with van der Waals surface area (Å²) in [6, 6.07) is 8.05. The van der Waals surface area contributed by atoms with Gasteiger partial charge in [0.25, 0.3) is 0 Å². The quantitative estimate of drug-likeness (QED) is 0.790. The van der Waals surface area contributed by atoms with Crippen molar-refractivity contribution in [2.45, 2.75) is 0 Å². The summed E-state index contributed by atoms with van der Waals surface area (Å²) in [7, 11) is 0. The van der Waals surface area contributed by atoms with Crippen molar-refractivity contribution >= 4 is 29.5 Å². The van der Waals surface area contributed by atoms with Crippen LogP contribution in [0, 0.1) is 0 Å². The SMILES string of the molecule is O=Cc1cccnc1Oc1cc(Cl)cc(Cl)c1. The van der Waals surface area contributed by atoms with Gasteiger partial charge in [0.15, 0.2) is 6.29 Å². The Hall–Kier alpha value is -1.58. The Morgan fingerprint density at radius 3 is 2.53 bits per heavy atom. The van der Waals surface area contributed by atoms with E-state index in [1.165, 1.54) is 6.20 Å². The van der Waals surface area contributed by atoms with E-state index in [1.807, 2.05) is 0 Å². The molecule has 0 spiro atoms. The van der Waals surface area contributed by atoms with Gasteiger partial charge in [-0.25, -0.2) is 4.98 Å². The highest BCUT2D eigenvalue weighted by molar-refractivity contribution is 6.34. The van der Waals surface area contributed by atoms with Crippen molar-refractivity contribution in [1.82, 2.24) is 4.98 Å². The van der Waals surface area contributed by atoms with Gasteiger partial charge in [-0.1, -0.05) is 23.2 Å². The minimum Gasteiger partial charge on any atom is -0.438 e. The van der Waals surface area contributed by atoms with Crippen LogP contribution in [0.25, 0.3) is 0 Å². The number of halogens is 2. The molecule has 0 aliphatic carbocycles. The molecular formula is C12H7Cl2NO2. The zero-order valence-corrected chi connectivity index (χ0v) is 10.1. The van der Waals surface area contributed by atoms with E-state index in [4.69, 9.17) is 27.9 Å². The Kier molecular flexibility index (Phi) is 3.61. The number of hydrogen-bond acceptors (Lipinski definition) is 3. The number of carbonyl (C=O) groups excluding carboxylic acids is 1. The number of hydrogen-bond donors (Lipinski definition) is 0. The molecule has 0 aliphatic rings. The molecule has 0 amide bonds. The molecule has 3 nitrogen and oxygen atoms in total. The van der Waals surface area contributed by atoms with Gasteiger partial charge in [0, 0.05) is 16.2 Å². The second kappa shape index (κ2) is 5.17. The Balaban J connectivity index is 2.34. The lowest BCUT2D eigenvalue weighted by atomic mass is 10.3. The number of ether oxygens (including phenoxy) is 1. The van der Waals surface area contributed by atoms with Gasteiger partial charge in [-0.15, -0.1) is 0 Å². The van der Waals surface area contributed by atoms with Crippen LogP contribution in [-0.2, 0) is 0 Å². The number of aldehydes is 1. The van der Waals surface area contributed by atoms with Crippen molar-refractivity contribution in [3.05, 3.63) is 52.1 Å². The molecule has 2 rings (SSSR count). The van der Waals surface area contributed by atoms with Crippen molar-refractivity contribution in [2.24, 2.45) is 0 Å². The van der Waals surface area contributed by atoms with E-state index in [0.29, 0.717) is 27.6 Å². The van der Waals surface area contributed by atoms with Crippen LogP contribution in [-0.4, -0.2) is 11.3 Å². The fourth-order valence-corrected chi connectivity index (χ4v) is 1.78. The summed E-state index contributed by atoms with van der Waals surface area (Å²) in [5, 5.41) is 0.909. The number of carbonyl (C=O) groups is 1. The fraction of sp³-hybridized carbons (Fsp3) is 0. The van der Waals surface area contributed by atoms with E-state index < -0.39 is 0 Å². The molecule has 0 aliphatic heterocycles. The van der Waals surface area contributed by atoms with E-state index >= 15 is 0 Å². The predicted molar refractivity (Wildman–Crippen MR) is 66.2 cm³/mol. The van der Waals surface area contributed by atoms with Gasteiger partial charge in [-0.2, -0.15) is 0 Å². The normalized spacial score (nSPS) is 10.0. The van der Waals surface area contributed by atoms with Crippen LogP contribution in [0.2, 0.25) is 10.0 Å². The van der Waals surface area contributed by atoms with E-state index in [1.54, 1.807) is 30.3 Å². The topological polar surface area (TPSA) is 39.2 Å². The van der Waals surface area contributed by atoms with Gasteiger partial charge in [0.1, 0.15) is 5.75 Å². The van der Waals surface area contributed by atoms with Gasteiger partial charge in [0.05, 0.1) is 5.56 Å². The monoisotopic (exact) mass is 267 g/mol. The molecule has 1 heterocycles. The van der Waals surface area contributed by atoms with Crippen LogP contribution in [0.5, 0.6) is 11.6 Å². The number of nitrogens with zero attached hydrogens (tertiary/aromatic N) is 1. The van der Waals surface area contributed by atoms with Gasteiger partial charge in [-0.3, -0.25) is 4.79 Å². The lowest BCUT2D eigenvalue weighted by Gasteiger charge is -2.07. The Labute approximate surface area is 108 Å². The van der Waals surface area contributed by atoms with Crippen molar-refractivity contribution < 1.29 is 9.53 Å². The second-order valence-electron chi connectivity index (χ2n) is 3.22. The van der Waals surface area contributed by atoms with Gasteiger partial charge >= 0.3 is 0 Å². The Morgan fingerprint density at radius 2 is 1.88 bits per heavy atom. The molecule has 0 saturated carbocycles. The maximum Gasteiger partial charge on any atom is 0.229 e. The van der Waals surface area contributed by atoms with Crippen LogP contribution in [0.15, 0.2) is 36.5 Å². The Morgan fingerprint density at radius 1 is 1.18 bits per heavy atom. The van der Waals surface area contributed by atoms with E-state index in [-0.39, 0.29) is 5.88 Å². The largest absolute Gasteiger partial charge is 0.438 e. The first kappa shape index (κ1) is 11.9. The third-order valence-electron chi connectivity index (χ3n) is 1.98. The van der Waals surface area contributed by atoms with E-state index in [2.05, 4.69) is 4.98 Å². The summed E-state index contributed by atoms with van der Waals surface area (Å²) in [5.74, 6) is 0.658. The number of pyridine rings is 1. The first-order chi connectivity index (χ1) is 8.19. The molecule has 1 aromatic heterocycles. The average Bonchev–Trinajstić information content (AvgIpc) is 2.28. The van der Waals surface area contributed by atoms with Crippen LogP contribution < -0.4 is 4.74 Å². The molecule has 0 N–H and O–H groups in total. The molecular weight excluding hydrogens is 261 g/mol. The van der Waals surface area contributed by atoms with Crippen molar-refractivity contribution in [3.8, 4) is 11.6 Å². The van der Waals surface area contributed by atoms with Crippen molar-refractivity contribution in [2.75, 3.05) is 0 Å². The fourth-order valence-electron chi connectivity index (χ4n) is 1.28. The lowest BCUT2D eigenvalue weighted by Crippen LogP contribution is -1.93. The maximum atomic E-state index is 10.8. The number of rotatable bonds is 3. The highest BCUT2D eigenvalue weighted by atomic mass is 35.5. The second-order valence-corrected chi connectivity index (χ2v) is 4.10. The summed E-state index contributed by atoms with van der Waals surface area (Å²) in [6.45, 7) is 0. The van der Waals surface area contributed by atoms with Crippen LogP contribution >= 0.6 is 23.2 Å². The smallest absolute Gasteiger partial charge is 0.229 e. The van der Waals surface area contributed by atoms with E-state index in [0.717, 1.165) is 0 Å². The molecule has 17 heavy (non-hydrogen) atoms. The third-order valence-corrected chi connectivity index (χ3v) is 2.41. The van der Waals surface area contributed by atoms with Gasteiger partial charge in [-0.05, 0) is 30.3 Å². The molecule has 86 valence electrons. The molecule has 0 atom stereocenters. The molecule has 2 aromatic rings. The van der Waals surface area contributed by atoms with Crippen LogP contribution in [0.4, 0.5) is 0 Å². The standard InChI is InChI=1S/C12H7Cl2NO2/c13-9-4-10(14)6-11(5-9)17-12-8(7-16)2-1-3-15-12/h1-7H. The van der Waals surface area contributed by atoms with Crippen LogP contribution in [0.1, 0.15) is 10.4 Å². The van der Waals surface area contributed by atoms with E-state index in [9.17, 15) is 4.79 Å². The van der Waals surface area contributed by atoms with Crippen LogP contribution in [0.3, 0.4) is 0 Å². The lowest BCUT2D eigenvalue weighted by molar-refractivity contribution is 0.112. The van der Waals surface area contributed by atoms with Gasteiger partial charge in [0.2, 0.25) is 5.88 Å². The first-order valence-corrected chi connectivity index (χ1v) is 5.49. The molecule has 0 unspecified atom stereocenters. The zero-order valence-electron chi connectivity index (χ0n) is 8.56. The zero-order chi connectivity index (χ0) is 12.3. The van der Waals surface area contributed by atoms with Crippen molar-refractivity contribution in [1.29, 1.82) is 0 Å². The molecule has 0 saturated heterocycles. The first-order valence-electron chi connectivity index (χ1n) is 4.73. The van der Waals surface area contributed by atoms with Gasteiger partial charge < -0.3 is 4.74 Å². The Bertz CT molecular complexity index is 538. The molecule has 0 bridgehead atoms. The predicted octanol–water partition coefficient (Wildman–Crippen LogP) is 3.99. The summed E-state index contributed by atoms with van der Waals surface area (Å²) < 4.78 is 5.45. The highest BCUT2D eigenvalue weighted by Crippen LogP contribution is 2.28. The molecule has 0 fully saturated rings. The number of aromatic nitrogens is 1. The highest BCUT2D eigenvalue weighted by Gasteiger charge is 2.06. The third kappa shape index (κ3) is 2.96. The maximum absolute atomic E-state index is 10.8.